The highest BCUT2D eigenvalue weighted by atomic mass is 32.2. The summed E-state index contributed by atoms with van der Waals surface area (Å²) in [7, 11) is 2.19. The number of hydrogen-bond acceptors (Lipinski definition) is 3. The molecule has 1 N–H and O–H groups in total. The summed E-state index contributed by atoms with van der Waals surface area (Å²) in [4.78, 5) is 2.42. The van der Waals surface area contributed by atoms with Crippen molar-refractivity contribution in [2.45, 2.75) is 37.0 Å². The lowest BCUT2D eigenvalue weighted by Crippen LogP contribution is -2.36. The van der Waals surface area contributed by atoms with Crippen LogP contribution in [0.4, 0.5) is 0 Å². The summed E-state index contributed by atoms with van der Waals surface area (Å²) in [5.41, 5.74) is 0. The molecule has 2 unspecified atom stereocenters. The van der Waals surface area contributed by atoms with Gasteiger partial charge in [-0.25, -0.2) is 0 Å². The van der Waals surface area contributed by atoms with E-state index in [-0.39, 0.29) is 0 Å². The molecule has 1 aliphatic rings. The van der Waals surface area contributed by atoms with Crippen LogP contribution >= 0.6 is 11.8 Å². The molecule has 0 aliphatic heterocycles. The zero-order valence-corrected chi connectivity index (χ0v) is 9.52. The molecule has 1 saturated carbocycles. The van der Waals surface area contributed by atoms with Crippen molar-refractivity contribution in [3.05, 3.63) is 0 Å². The number of rotatable bonds is 5. The standard InChI is InChI=1S/C10H21NOS/c1-11(7-4-8-12)9-5-3-6-10(9)13-2/h9-10,12H,3-8H2,1-2H3. The molecule has 2 atom stereocenters. The van der Waals surface area contributed by atoms with Crippen LogP contribution in [0.25, 0.3) is 0 Å². The van der Waals surface area contributed by atoms with Crippen molar-refractivity contribution >= 4 is 11.8 Å². The first-order valence-corrected chi connectivity index (χ1v) is 6.42. The van der Waals surface area contributed by atoms with Crippen LogP contribution in [0.2, 0.25) is 0 Å². The van der Waals surface area contributed by atoms with Gasteiger partial charge in [-0.3, -0.25) is 0 Å². The van der Waals surface area contributed by atoms with Crippen LogP contribution in [0.15, 0.2) is 0 Å². The van der Waals surface area contributed by atoms with Gasteiger partial charge in [0.05, 0.1) is 0 Å². The summed E-state index contributed by atoms with van der Waals surface area (Å²) in [6.45, 7) is 1.36. The summed E-state index contributed by atoms with van der Waals surface area (Å²) in [5.74, 6) is 0. The van der Waals surface area contributed by atoms with Gasteiger partial charge < -0.3 is 10.0 Å². The van der Waals surface area contributed by atoms with E-state index in [2.05, 4.69) is 18.2 Å². The Morgan fingerprint density at radius 2 is 2.23 bits per heavy atom. The average Bonchev–Trinajstić information content (AvgIpc) is 2.61. The summed E-state index contributed by atoms with van der Waals surface area (Å²) in [6, 6.07) is 0.751. The number of aliphatic hydroxyl groups excluding tert-OH is 1. The van der Waals surface area contributed by atoms with Gasteiger partial charge in [-0.2, -0.15) is 11.8 Å². The van der Waals surface area contributed by atoms with Crippen molar-refractivity contribution < 1.29 is 5.11 Å². The highest BCUT2D eigenvalue weighted by Gasteiger charge is 2.28. The lowest BCUT2D eigenvalue weighted by atomic mass is 10.2. The molecule has 0 radical (unpaired) electrons. The van der Waals surface area contributed by atoms with E-state index in [9.17, 15) is 0 Å². The monoisotopic (exact) mass is 203 g/mol. The quantitative estimate of drug-likeness (QED) is 0.734. The molecule has 1 fully saturated rings. The predicted octanol–water partition coefficient (Wildman–Crippen LogP) is 1.58. The number of nitrogens with zero attached hydrogens (tertiary/aromatic N) is 1. The SMILES string of the molecule is CSC1CCCC1N(C)CCCO. The average molecular weight is 203 g/mol. The third-order valence-corrected chi connectivity index (χ3v) is 4.11. The Balaban J connectivity index is 2.31. The van der Waals surface area contributed by atoms with Crippen LogP contribution in [0.3, 0.4) is 0 Å². The third kappa shape index (κ3) is 3.15. The first-order valence-electron chi connectivity index (χ1n) is 5.13. The van der Waals surface area contributed by atoms with Gasteiger partial charge in [0, 0.05) is 24.4 Å². The maximum Gasteiger partial charge on any atom is 0.0443 e. The first-order chi connectivity index (χ1) is 6.29. The molecule has 3 heteroatoms. The summed E-state index contributed by atoms with van der Waals surface area (Å²) >= 11 is 2.00. The minimum atomic E-state index is 0.320. The smallest absolute Gasteiger partial charge is 0.0443 e. The molecule has 1 rings (SSSR count). The molecule has 0 amide bonds. The second-order valence-electron chi connectivity index (χ2n) is 3.83. The minimum Gasteiger partial charge on any atom is -0.396 e. The van der Waals surface area contributed by atoms with Crippen molar-refractivity contribution in [1.29, 1.82) is 0 Å². The molecule has 0 aromatic rings. The number of aliphatic hydroxyl groups is 1. The Kier molecular flexibility index (Phi) is 5.14. The summed E-state index contributed by atoms with van der Waals surface area (Å²) < 4.78 is 0. The second-order valence-corrected chi connectivity index (χ2v) is 4.91. The van der Waals surface area contributed by atoms with E-state index >= 15 is 0 Å². The van der Waals surface area contributed by atoms with Gasteiger partial charge in [0.25, 0.3) is 0 Å². The highest BCUT2D eigenvalue weighted by Crippen LogP contribution is 2.31. The molecular formula is C10H21NOS. The fraction of sp³-hybridized carbons (Fsp3) is 1.00. The zero-order valence-electron chi connectivity index (χ0n) is 8.70. The van der Waals surface area contributed by atoms with E-state index < -0.39 is 0 Å². The normalized spacial score (nSPS) is 28.6. The summed E-state index contributed by atoms with van der Waals surface area (Å²) in [5, 5.41) is 9.57. The second kappa shape index (κ2) is 5.89. The van der Waals surface area contributed by atoms with Crippen molar-refractivity contribution in [2.75, 3.05) is 26.5 Å². The molecular weight excluding hydrogens is 182 g/mol. The topological polar surface area (TPSA) is 23.5 Å². The molecule has 1 aliphatic carbocycles. The van der Waals surface area contributed by atoms with Crippen LogP contribution in [-0.4, -0.2) is 47.8 Å². The van der Waals surface area contributed by atoms with E-state index in [1.54, 1.807) is 0 Å². The molecule has 0 saturated heterocycles. The van der Waals surface area contributed by atoms with Crippen molar-refractivity contribution in [3.8, 4) is 0 Å². The Hall–Kier alpha value is 0.270. The van der Waals surface area contributed by atoms with Gasteiger partial charge in [0.1, 0.15) is 0 Å². The van der Waals surface area contributed by atoms with E-state index in [1.807, 2.05) is 11.8 Å². The van der Waals surface area contributed by atoms with Crippen LogP contribution in [0, 0.1) is 0 Å². The van der Waals surface area contributed by atoms with Crippen LogP contribution < -0.4 is 0 Å². The van der Waals surface area contributed by atoms with E-state index in [4.69, 9.17) is 5.11 Å². The minimum absolute atomic E-state index is 0.320. The molecule has 13 heavy (non-hydrogen) atoms. The first kappa shape index (κ1) is 11.3. The maximum absolute atomic E-state index is 8.75. The Labute approximate surface area is 85.7 Å². The van der Waals surface area contributed by atoms with Crippen molar-refractivity contribution in [3.63, 3.8) is 0 Å². The predicted molar refractivity (Wildman–Crippen MR) is 59.3 cm³/mol. The molecule has 0 bridgehead atoms. The molecule has 0 spiro atoms. The summed E-state index contributed by atoms with van der Waals surface area (Å²) in [6.07, 6.45) is 7.21. The Morgan fingerprint density at radius 1 is 1.46 bits per heavy atom. The fourth-order valence-electron chi connectivity index (χ4n) is 2.17. The molecule has 0 aromatic heterocycles. The maximum atomic E-state index is 8.75. The van der Waals surface area contributed by atoms with Crippen LogP contribution in [-0.2, 0) is 0 Å². The lowest BCUT2D eigenvalue weighted by molar-refractivity contribution is 0.211. The van der Waals surface area contributed by atoms with E-state index in [0.29, 0.717) is 6.61 Å². The number of hydrogen-bond donors (Lipinski definition) is 1. The van der Waals surface area contributed by atoms with Crippen molar-refractivity contribution in [1.82, 2.24) is 4.90 Å². The van der Waals surface area contributed by atoms with Gasteiger partial charge in [-0.1, -0.05) is 6.42 Å². The van der Waals surface area contributed by atoms with E-state index in [0.717, 1.165) is 24.3 Å². The molecule has 78 valence electrons. The Bertz CT molecular complexity index is 143. The molecule has 2 nitrogen and oxygen atoms in total. The van der Waals surface area contributed by atoms with Gasteiger partial charge >= 0.3 is 0 Å². The van der Waals surface area contributed by atoms with Gasteiger partial charge in [-0.05, 0) is 32.6 Å². The lowest BCUT2D eigenvalue weighted by Gasteiger charge is -2.28. The van der Waals surface area contributed by atoms with Crippen LogP contribution in [0.1, 0.15) is 25.7 Å². The molecule has 0 aromatic carbocycles. The third-order valence-electron chi connectivity index (χ3n) is 2.96. The Morgan fingerprint density at radius 3 is 2.85 bits per heavy atom. The fourth-order valence-corrected chi connectivity index (χ4v) is 3.23. The molecule has 0 heterocycles. The van der Waals surface area contributed by atoms with Crippen LogP contribution in [0.5, 0.6) is 0 Å². The zero-order chi connectivity index (χ0) is 9.68. The highest BCUT2D eigenvalue weighted by molar-refractivity contribution is 7.99. The van der Waals surface area contributed by atoms with Gasteiger partial charge in [0.15, 0.2) is 0 Å². The van der Waals surface area contributed by atoms with E-state index in [1.165, 1.54) is 19.3 Å². The van der Waals surface area contributed by atoms with Gasteiger partial charge in [0.2, 0.25) is 0 Å². The van der Waals surface area contributed by atoms with Crippen molar-refractivity contribution in [2.24, 2.45) is 0 Å². The largest absolute Gasteiger partial charge is 0.396 e. The number of thioether (sulfide) groups is 1. The van der Waals surface area contributed by atoms with Gasteiger partial charge in [-0.15, -0.1) is 0 Å².